The number of aliphatic hydroxyl groups excluding tert-OH is 1. The van der Waals surface area contributed by atoms with Crippen molar-refractivity contribution in [2.75, 3.05) is 5.32 Å². The summed E-state index contributed by atoms with van der Waals surface area (Å²) >= 11 is 0. The molecule has 1 rings (SSSR count). The van der Waals surface area contributed by atoms with Crippen LogP contribution in [0.1, 0.15) is 64.4 Å². The van der Waals surface area contributed by atoms with Gasteiger partial charge in [-0.15, -0.1) is 0 Å². The molecule has 2 unspecified atom stereocenters. The number of rotatable bonds is 11. The van der Waals surface area contributed by atoms with Gasteiger partial charge in [0.05, 0.1) is 6.10 Å². The summed E-state index contributed by atoms with van der Waals surface area (Å²) in [5.74, 6) is -0.344. The highest BCUT2D eigenvalue weighted by Gasteiger charge is 2.20. The molecule has 4 heteroatoms. The number of hydrogen-bond donors (Lipinski definition) is 3. The van der Waals surface area contributed by atoms with E-state index in [0.717, 1.165) is 12.1 Å². The van der Waals surface area contributed by atoms with Gasteiger partial charge in [-0.25, -0.2) is 0 Å². The molecule has 0 fully saturated rings. The van der Waals surface area contributed by atoms with Crippen LogP contribution in [0.5, 0.6) is 0 Å². The lowest BCUT2D eigenvalue weighted by atomic mass is 10.0. The van der Waals surface area contributed by atoms with Gasteiger partial charge in [-0.05, 0) is 37.0 Å². The molecule has 4 N–H and O–H groups in total. The number of aliphatic hydroxyl groups is 1. The first-order valence-electron chi connectivity index (χ1n) is 8.92. The van der Waals surface area contributed by atoms with Crippen LogP contribution in [-0.2, 0) is 11.2 Å². The molecule has 1 aromatic carbocycles. The van der Waals surface area contributed by atoms with Crippen LogP contribution in [0, 0.1) is 0 Å². The Morgan fingerprint density at radius 2 is 1.70 bits per heavy atom. The maximum atomic E-state index is 11.9. The maximum absolute atomic E-state index is 11.9. The van der Waals surface area contributed by atoms with Crippen LogP contribution >= 0.6 is 0 Å². The Bertz CT molecular complexity index is 445. The molecule has 0 spiro atoms. The van der Waals surface area contributed by atoms with Crippen molar-refractivity contribution in [1.82, 2.24) is 0 Å². The molecule has 1 amide bonds. The Balaban J connectivity index is 2.34. The lowest BCUT2D eigenvalue weighted by Crippen LogP contribution is -2.44. The lowest BCUT2D eigenvalue weighted by molar-refractivity contribution is -0.119. The van der Waals surface area contributed by atoms with Crippen molar-refractivity contribution in [3.63, 3.8) is 0 Å². The number of nitrogens with one attached hydrogen (secondary N) is 1. The number of hydrogen-bond acceptors (Lipinski definition) is 3. The van der Waals surface area contributed by atoms with Gasteiger partial charge in [-0.2, -0.15) is 0 Å². The van der Waals surface area contributed by atoms with Gasteiger partial charge in [-0.1, -0.05) is 58.1 Å². The van der Waals surface area contributed by atoms with Gasteiger partial charge in [0, 0.05) is 5.69 Å². The summed E-state index contributed by atoms with van der Waals surface area (Å²) in [4.78, 5) is 11.9. The van der Waals surface area contributed by atoms with Gasteiger partial charge in [0.15, 0.2) is 0 Å². The average Bonchev–Trinajstić information content (AvgIpc) is 2.57. The van der Waals surface area contributed by atoms with Crippen molar-refractivity contribution in [3.05, 3.63) is 29.8 Å². The zero-order valence-electron chi connectivity index (χ0n) is 14.6. The van der Waals surface area contributed by atoms with Gasteiger partial charge < -0.3 is 16.2 Å². The number of amides is 1. The van der Waals surface area contributed by atoms with E-state index in [0.29, 0.717) is 6.42 Å². The third-order valence-electron chi connectivity index (χ3n) is 4.18. The van der Waals surface area contributed by atoms with Crippen molar-refractivity contribution < 1.29 is 9.90 Å². The van der Waals surface area contributed by atoms with Crippen LogP contribution in [0.25, 0.3) is 0 Å². The highest BCUT2D eigenvalue weighted by atomic mass is 16.3. The van der Waals surface area contributed by atoms with E-state index in [2.05, 4.69) is 12.2 Å². The summed E-state index contributed by atoms with van der Waals surface area (Å²) < 4.78 is 0. The highest BCUT2D eigenvalue weighted by molar-refractivity contribution is 5.95. The first kappa shape index (κ1) is 19.7. The first-order valence-corrected chi connectivity index (χ1v) is 8.92. The second-order valence-corrected chi connectivity index (χ2v) is 6.21. The van der Waals surface area contributed by atoms with E-state index >= 15 is 0 Å². The van der Waals surface area contributed by atoms with Gasteiger partial charge in [0.1, 0.15) is 6.04 Å². The predicted octanol–water partition coefficient (Wildman–Crippen LogP) is 3.63. The fourth-order valence-electron chi connectivity index (χ4n) is 2.52. The Kier molecular flexibility index (Phi) is 9.57. The number of nitrogens with two attached hydrogens (primary N) is 1. The fourth-order valence-corrected chi connectivity index (χ4v) is 2.52. The van der Waals surface area contributed by atoms with Gasteiger partial charge in [0.25, 0.3) is 0 Å². The largest absolute Gasteiger partial charge is 0.391 e. The van der Waals surface area contributed by atoms with Crippen molar-refractivity contribution >= 4 is 11.6 Å². The molecule has 0 saturated carbocycles. The lowest BCUT2D eigenvalue weighted by Gasteiger charge is -2.16. The Labute approximate surface area is 140 Å². The Hall–Kier alpha value is -1.39. The van der Waals surface area contributed by atoms with Crippen LogP contribution in [0.15, 0.2) is 24.3 Å². The zero-order valence-corrected chi connectivity index (χ0v) is 14.6. The molecule has 1 aromatic rings. The van der Waals surface area contributed by atoms with Crippen molar-refractivity contribution in [2.45, 2.75) is 77.4 Å². The smallest absolute Gasteiger partial charge is 0.243 e. The minimum Gasteiger partial charge on any atom is -0.391 e. The summed E-state index contributed by atoms with van der Waals surface area (Å²) in [7, 11) is 0. The highest BCUT2D eigenvalue weighted by Crippen LogP contribution is 2.14. The average molecular weight is 320 g/mol. The Morgan fingerprint density at radius 3 is 2.30 bits per heavy atom. The van der Waals surface area contributed by atoms with Crippen LogP contribution < -0.4 is 11.1 Å². The summed E-state index contributed by atoms with van der Waals surface area (Å²) in [6.45, 7) is 4.03. The van der Waals surface area contributed by atoms with E-state index in [1.54, 1.807) is 6.92 Å². The molecule has 0 aliphatic heterocycles. The fraction of sp³-hybridized carbons (Fsp3) is 0.632. The molecule has 2 atom stereocenters. The minimum atomic E-state index is -0.886. The van der Waals surface area contributed by atoms with Crippen LogP contribution in [-0.4, -0.2) is 23.2 Å². The normalized spacial score (nSPS) is 13.6. The molecule has 0 aliphatic rings. The van der Waals surface area contributed by atoms with Crippen molar-refractivity contribution in [3.8, 4) is 0 Å². The summed E-state index contributed by atoms with van der Waals surface area (Å²) in [5, 5.41) is 12.4. The third-order valence-corrected chi connectivity index (χ3v) is 4.18. The van der Waals surface area contributed by atoms with E-state index in [4.69, 9.17) is 5.73 Å². The monoisotopic (exact) mass is 320 g/mol. The quantitative estimate of drug-likeness (QED) is 0.545. The van der Waals surface area contributed by atoms with Crippen LogP contribution in [0.4, 0.5) is 5.69 Å². The number of unbranched alkanes of at least 4 members (excludes halogenated alkanes) is 5. The van der Waals surface area contributed by atoms with Gasteiger partial charge in [-0.3, -0.25) is 4.79 Å². The van der Waals surface area contributed by atoms with Crippen LogP contribution in [0.3, 0.4) is 0 Å². The molecule has 130 valence electrons. The van der Waals surface area contributed by atoms with E-state index in [9.17, 15) is 9.90 Å². The number of anilines is 1. The molecule has 0 aromatic heterocycles. The maximum Gasteiger partial charge on any atom is 0.243 e. The van der Waals surface area contributed by atoms with E-state index in [-0.39, 0.29) is 5.91 Å². The third kappa shape index (κ3) is 7.62. The standard InChI is InChI=1S/C19H32N2O2/c1-3-5-6-7-8-9-10-15-11-13-16(14-12-15)21-19(23)18(20)17(22)4-2/h11-14,17-18,22H,3-10,20H2,1-2H3,(H,21,23). The predicted molar refractivity (Wildman–Crippen MR) is 96.4 cm³/mol. The van der Waals surface area contributed by atoms with Crippen molar-refractivity contribution in [2.24, 2.45) is 5.73 Å². The van der Waals surface area contributed by atoms with Gasteiger partial charge >= 0.3 is 0 Å². The molecule has 23 heavy (non-hydrogen) atoms. The second-order valence-electron chi connectivity index (χ2n) is 6.21. The topological polar surface area (TPSA) is 75.4 Å². The number of carbonyl (C=O) groups is 1. The van der Waals surface area contributed by atoms with Gasteiger partial charge in [0.2, 0.25) is 5.91 Å². The number of carbonyl (C=O) groups excluding carboxylic acids is 1. The van der Waals surface area contributed by atoms with E-state index in [1.807, 2.05) is 24.3 Å². The van der Waals surface area contributed by atoms with E-state index < -0.39 is 12.1 Å². The van der Waals surface area contributed by atoms with Crippen molar-refractivity contribution in [1.29, 1.82) is 0 Å². The number of benzene rings is 1. The molecule has 0 radical (unpaired) electrons. The zero-order chi connectivity index (χ0) is 17.1. The Morgan fingerprint density at radius 1 is 1.09 bits per heavy atom. The SMILES string of the molecule is CCCCCCCCc1ccc(NC(=O)C(N)C(O)CC)cc1. The molecule has 0 bridgehead atoms. The molecule has 4 nitrogen and oxygen atoms in total. The van der Waals surface area contributed by atoms with Crippen LogP contribution in [0.2, 0.25) is 0 Å². The van der Waals surface area contributed by atoms with E-state index in [1.165, 1.54) is 44.1 Å². The molecular weight excluding hydrogens is 288 g/mol. The first-order chi connectivity index (χ1) is 11.1. The number of aryl methyl sites for hydroxylation is 1. The summed E-state index contributed by atoms with van der Waals surface area (Å²) in [6, 6.07) is 7.00. The summed E-state index contributed by atoms with van der Waals surface area (Å²) in [6.07, 6.45) is 8.51. The molecular formula is C19H32N2O2. The molecule has 0 heterocycles. The molecule has 0 saturated heterocycles. The second kappa shape index (κ2) is 11.2. The minimum absolute atomic E-state index is 0.344. The molecule has 0 aliphatic carbocycles. The summed E-state index contributed by atoms with van der Waals surface area (Å²) in [5.41, 5.74) is 7.71.